The van der Waals surface area contributed by atoms with Crippen molar-refractivity contribution in [1.82, 2.24) is 19.9 Å². The summed E-state index contributed by atoms with van der Waals surface area (Å²) in [6, 6.07) is 6.08. The van der Waals surface area contributed by atoms with Crippen LogP contribution in [0.1, 0.15) is 42.2 Å². The molecule has 1 aromatic carbocycles. The topological polar surface area (TPSA) is 88.6 Å². The maximum atomic E-state index is 14.3. The van der Waals surface area contributed by atoms with Gasteiger partial charge in [0.15, 0.2) is 17.4 Å². The Morgan fingerprint density at radius 3 is 2.44 bits per heavy atom. The van der Waals surface area contributed by atoms with Gasteiger partial charge in [-0.05, 0) is 47.4 Å². The van der Waals surface area contributed by atoms with Crippen LogP contribution in [0.4, 0.5) is 17.6 Å². The number of rotatable bonds is 7. The highest BCUT2D eigenvalue weighted by Gasteiger charge is 2.31. The van der Waals surface area contributed by atoms with Gasteiger partial charge in [0.05, 0.1) is 4.90 Å². The molecular weight excluding hydrogens is 448 g/mol. The quantitative estimate of drug-likeness (QED) is 0.300. The lowest BCUT2D eigenvalue weighted by atomic mass is 9.84. The SMILES string of the molecule is CC(C)[C@@H](CC(=O)c1cc(=O)[nH]c(-c2ncccn2)n1)c1ccc(SC(F)(F)F)c(F)c1. The maximum absolute atomic E-state index is 14.3. The van der Waals surface area contributed by atoms with Crippen molar-refractivity contribution in [3.63, 3.8) is 0 Å². The van der Waals surface area contributed by atoms with Crippen LogP contribution in [0.15, 0.2) is 52.4 Å². The zero-order valence-electron chi connectivity index (χ0n) is 17.0. The highest BCUT2D eigenvalue weighted by molar-refractivity contribution is 8.00. The first-order valence-corrected chi connectivity index (χ1v) is 10.3. The lowest BCUT2D eigenvalue weighted by Gasteiger charge is -2.21. The molecule has 1 atom stereocenters. The Labute approximate surface area is 184 Å². The number of Topliss-reactive ketones (excluding diaryl/α,β-unsaturated/α-hetero) is 1. The Balaban J connectivity index is 1.87. The Kier molecular flexibility index (Phi) is 7.07. The van der Waals surface area contributed by atoms with Crippen LogP contribution >= 0.6 is 11.8 Å². The average molecular weight is 466 g/mol. The smallest absolute Gasteiger partial charge is 0.304 e. The molecule has 0 aliphatic heterocycles. The highest BCUT2D eigenvalue weighted by Crippen LogP contribution is 2.39. The molecule has 1 N–H and O–H groups in total. The lowest BCUT2D eigenvalue weighted by molar-refractivity contribution is -0.0329. The van der Waals surface area contributed by atoms with Crippen molar-refractivity contribution < 1.29 is 22.4 Å². The fourth-order valence-electron chi connectivity index (χ4n) is 3.13. The van der Waals surface area contributed by atoms with E-state index in [1.54, 1.807) is 6.07 Å². The summed E-state index contributed by atoms with van der Waals surface area (Å²) in [5.41, 5.74) is -4.89. The lowest BCUT2D eigenvalue weighted by Crippen LogP contribution is -2.18. The Bertz CT molecular complexity index is 1170. The van der Waals surface area contributed by atoms with E-state index >= 15 is 0 Å². The Hall–Kier alpha value is -3.08. The van der Waals surface area contributed by atoms with Crippen molar-refractivity contribution >= 4 is 17.5 Å². The van der Waals surface area contributed by atoms with Crippen molar-refractivity contribution in [2.45, 2.75) is 36.6 Å². The number of H-pyrrole nitrogens is 1. The Morgan fingerprint density at radius 2 is 1.84 bits per heavy atom. The van der Waals surface area contributed by atoms with Gasteiger partial charge in [0.1, 0.15) is 11.5 Å². The molecular formula is C21H18F4N4O2S. The highest BCUT2D eigenvalue weighted by atomic mass is 32.2. The fraction of sp³-hybridized carbons (Fsp3) is 0.286. The fourth-order valence-corrected chi connectivity index (χ4v) is 3.67. The molecule has 6 nitrogen and oxygen atoms in total. The molecule has 0 radical (unpaired) electrons. The summed E-state index contributed by atoms with van der Waals surface area (Å²) in [6.45, 7) is 3.62. The molecule has 0 fully saturated rings. The van der Waals surface area contributed by atoms with E-state index in [1.165, 1.54) is 18.5 Å². The van der Waals surface area contributed by atoms with E-state index < -0.39 is 45.2 Å². The summed E-state index contributed by atoms with van der Waals surface area (Å²) >= 11 is -0.534. The van der Waals surface area contributed by atoms with E-state index in [9.17, 15) is 27.2 Å². The molecule has 32 heavy (non-hydrogen) atoms. The zero-order valence-corrected chi connectivity index (χ0v) is 17.8. The summed E-state index contributed by atoms with van der Waals surface area (Å²) in [5.74, 6) is -1.96. The van der Waals surface area contributed by atoms with Gasteiger partial charge in [-0.2, -0.15) is 13.2 Å². The summed E-state index contributed by atoms with van der Waals surface area (Å²) in [6.07, 6.45) is 2.80. The van der Waals surface area contributed by atoms with Gasteiger partial charge in [-0.1, -0.05) is 19.9 Å². The van der Waals surface area contributed by atoms with E-state index in [4.69, 9.17) is 0 Å². The molecule has 0 spiro atoms. The van der Waals surface area contributed by atoms with Crippen LogP contribution in [0.5, 0.6) is 0 Å². The van der Waals surface area contributed by atoms with Crippen molar-refractivity contribution in [2.75, 3.05) is 0 Å². The first kappa shape index (κ1) is 23.6. The van der Waals surface area contributed by atoms with E-state index in [1.807, 2.05) is 13.8 Å². The summed E-state index contributed by atoms with van der Waals surface area (Å²) in [5, 5.41) is 0. The number of carbonyl (C=O) groups is 1. The molecule has 0 amide bonds. The molecule has 0 aliphatic carbocycles. The van der Waals surface area contributed by atoms with E-state index in [0.717, 1.165) is 18.2 Å². The number of ketones is 1. The second-order valence-electron chi connectivity index (χ2n) is 7.27. The van der Waals surface area contributed by atoms with E-state index in [0.29, 0.717) is 5.56 Å². The minimum absolute atomic E-state index is 0.0297. The predicted molar refractivity (Wildman–Crippen MR) is 111 cm³/mol. The van der Waals surface area contributed by atoms with Gasteiger partial charge in [-0.15, -0.1) is 0 Å². The molecule has 0 saturated carbocycles. The molecule has 0 saturated heterocycles. The standard InChI is InChI=1S/C21H18F4N4O2S/c1-11(2)13(12-4-5-17(14(22)8-12)32-21(23,24)25)9-16(30)15-10-18(31)29-20(28-15)19-26-6-3-7-27-19/h3-8,10-11,13H,9H2,1-2H3,(H,28,29,31)/t13-/m1/s1. The molecule has 3 aromatic rings. The number of nitrogens with one attached hydrogen (secondary N) is 1. The van der Waals surface area contributed by atoms with Crippen molar-refractivity contribution in [1.29, 1.82) is 0 Å². The molecule has 168 valence electrons. The number of hydrogen-bond donors (Lipinski definition) is 1. The predicted octanol–water partition coefficient (Wildman–Crippen LogP) is 4.99. The number of aromatic nitrogens is 4. The largest absolute Gasteiger partial charge is 0.446 e. The van der Waals surface area contributed by atoms with Gasteiger partial charge in [0, 0.05) is 24.9 Å². The molecule has 2 aromatic heterocycles. The van der Waals surface area contributed by atoms with Crippen LogP contribution in [-0.4, -0.2) is 31.2 Å². The molecule has 0 bridgehead atoms. The van der Waals surface area contributed by atoms with Crippen LogP contribution in [0.25, 0.3) is 11.6 Å². The Morgan fingerprint density at radius 1 is 1.16 bits per heavy atom. The summed E-state index contributed by atoms with van der Waals surface area (Å²) in [7, 11) is 0. The summed E-state index contributed by atoms with van der Waals surface area (Å²) < 4.78 is 52.0. The second kappa shape index (κ2) is 9.60. The van der Waals surface area contributed by atoms with Crippen molar-refractivity contribution in [3.05, 3.63) is 70.2 Å². The number of benzene rings is 1. The number of aromatic amines is 1. The van der Waals surface area contributed by atoms with Gasteiger partial charge in [0.25, 0.3) is 5.56 Å². The molecule has 0 aliphatic rings. The van der Waals surface area contributed by atoms with Crippen LogP contribution in [0.2, 0.25) is 0 Å². The number of thioether (sulfide) groups is 1. The number of hydrogen-bond acceptors (Lipinski definition) is 6. The molecule has 11 heteroatoms. The first-order valence-electron chi connectivity index (χ1n) is 9.50. The molecule has 0 unspecified atom stereocenters. The third-order valence-electron chi connectivity index (χ3n) is 4.62. The zero-order chi connectivity index (χ0) is 23.5. The van der Waals surface area contributed by atoms with Crippen molar-refractivity contribution in [2.24, 2.45) is 5.92 Å². The third-order valence-corrected chi connectivity index (χ3v) is 5.41. The first-order chi connectivity index (χ1) is 15.0. The van der Waals surface area contributed by atoms with Gasteiger partial charge in [-0.3, -0.25) is 9.59 Å². The maximum Gasteiger partial charge on any atom is 0.446 e. The second-order valence-corrected chi connectivity index (χ2v) is 8.37. The van der Waals surface area contributed by atoms with Crippen LogP contribution in [0.3, 0.4) is 0 Å². The minimum atomic E-state index is -4.61. The van der Waals surface area contributed by atoms with E-state index in [2.05, 4.69) is 19.9 Å². The van der Waals surface area contributed by atoms with Crippen LogP contribution in [-0.2, 0) is 0 Å². The van der Waals surface area contributed by atoms with Crippen LogP contribution < -0.4 is 5.56 Å². The normalized spacial score (nSPS) is 12.7. The molecule has 2 heterocycles. The van der Waals surface area contributed by atoms with Gasteiger partial charge in [-0.25, -0.2) is 19.3 Å². The van der Waals surface area contributed by atoms with E-state index in [-0.39, 0.29) is 29.7 Å². The van der Waals surface area contributed by atoms with Gasteiger partial charge >= 0.3 is 5.51 Å². The number of halogens is 4. The number of carbonyl (C=O) groups excluding carboxylic acids is 1. The monoisotopic (exact) mass is 466 g/mol. The minimum Gasteiger partial charge on any atom is -0.304 e. The van der Waals surface area contributed by atoms with Crippen LogP contribution in [0, 0.1) is 11.7 Å². The van der Waals surface area contributed by atoms with Gasteiger partial charge < -0.3 is 4.98 Å². The van der Waals surface area contributed by atoms with Gasteiger partial charge in [0.2, 0.25) is 0 Å². The number of alkyl halides is 3. The molecule has 3 rings (SSSR count). The van der Waals surface area contributed by atoms with Crippen molar-refractivity contribution in [3.8, 4) is 11.6 Å². The number of nitrogens with zero attached hydrogens (tertiary/aromatic N) is 3. The summed E-state index contributed by atoms with van der Waals surface area (Å²) in [4.78, 5) is 39.0. The third kappa shape index (κ3) is 6.00. The average Bonchev–Trinajstić information content (AvgIpc) is 2.72.